The molecule has 1 fully saturated rings. The standard InChI is InChI=1S/C25H25ClN6O3/c1-14-18-12-16(26)7-10-19(18)35-23(14)22-20-21(25(34)30-29-24(20)27)31-32(22)17-8-5-15(6-9-17)4-2-3-11-28-13-33/h7,10,12-13,15,17H,4-6,8-9,11H2,1H3,(H2,27,29)(H,28,33)(H,30,34). The molecule has 0 radical (unpaired) electrons. The minimum absolute atomic E-state index is 0.0772. The molecule has 3 aromatic heterocycles. The monoisotopic (exact) mass is 492 g/mol. The molecule has 10 heteroatoms. The predicted molar refractivity (Wildman–Crippen MR) is 135 cm³/mol. The molecule has 0 spiro atoms. The summed E-state index contributed by atoms with van der Waals surface area (Å²) in [6.07, 6.45) is 5.18. The second-order valence-electron chi connectivity index (χ2n) is 8.88. The van der Waals surface area contributed by atoms with Crippen LogP contribution in [0.25, 0.3) is 33.3 Å². The van der Waals surface area contributed by atoms with Crippen molar-refractivity contribution in [3.05, 3.63) is 39.1 Å². The molecule has 4 aromatic rings. The average molecular weight is 493 g/mol. The number of fused-ring (bicyclic) bond motifs is 2. The first kappa shape index (κ1) is 23.0. The van der Waals surface area contributed by atoms with E-state index in [-0.39, 0.29) is 22.9 Å². The number of amides is 1. The van der Waals surface area contributed by atoms with Gasteiger partial charge in [0.05, 0.1) is 18.0 Å². The third kappa shape index (κ3) is 4.26. The number of anilines is 1. The molecule has 0 unspecified atom stereocenters. The Bertz CT molecular complexity index is 1530. The Hall–Kier alpha value is -3.77. The van der Waals surface area contributed by atoms with E-state index in [1.807, 2.05) is 23.7 Å². The third-order valence-electron chi connectivity index (χ3n) is 6.72. The Morgan fingerprint density at radius 1 is 1.31 bits per heavy atom. The number of nitrogens with zero attached hydrogens (tertiary/aromatic N) is 3. The van der Waals surface area contributed by atoms with Crippen LogP contribution in [-0.2, 0) is 4.79 Å². The first-order chi connectivity index (χ1) is 17.0. The number of H-pyrrole nitrogens is 1. The van der Waals surface area contributed by atoms with Gasteiger partial charge >= 0.3 is 0 Å². The zero-order valence-corrected chi connectivity index (χ0v) is 20.0. The van der Waals surface area contributed by atoms with Gasteiger partial charge in [-0.2, -0.15) is 10.2 Å². The van der Waals surface area contributed by atoms with Crippen LogP contribution in [0, 0.1) is 24.7 Å². The van der Waals surface area contributed by atoms with Crippen molar-refractivity contribution in [1.29, 1.82) is 0 Å². The van der Waals surface area contributed by atoms with Crippen LogP contribution >= 0.6 is 11.6 Å². The van der Waals surface area contributed by atoms with Crippen molar-refractivity contribution in [2.75, 3.05) is 12.3 Å². The lowest BCUT2D eigenvalue weighted by atomic mass is 9.84. The topological polar surface area (TPSA) is 132 Å². The summed E-state index contributed by atoms with van der Waals surface area (Å²) >= 11 is 6.23. The largest absolute Gasteiger partial charge is 0.454 e. The van der Waals surface area contributed by atoms with E-state index in [1.165, 1.54) is 0 Å². The van der Waals surface area contributed by atoms with Crippen molar-refractivity contribution >= 4 is 45.7 Å². The number of aryl methyl sites for hydroxylation is 1. The quantitative estimate of drug-likeness (QED) is 0.219. The van der Waals surface area contributed by atoms with E-state index in [9.17, 15) is 9.59 Å². The summed E-state index contributed by atoms with van der Waals surface area (Å²) < 4.78 is 8.18. The fraction of sp³-hybridized carbons (Fsp3) is 0.360. The zero-order chi connectivity index (χ0) is 24.5. The number of nitrogen functional groups attached to an aromatic ring is 1. The Kier molecular flexibility index (Phi) is 6.22. The number of aromatic amines is 1. The number of nitrogens with two attached hydrogens (primary N) is 1. The van der Waals surface area contributed by atoms with Gasteiger partial charge in [0.15, 0.2) is 17.1 Å². The molecule has 0 saturated heterocycles. The van der Waals surface area contributed by atoms with Gasteiger partial charge in [-0.3, -0.25) is 14.3 Å². The average Bonchev–Trinajstić information content (AvgIpc) is 3.41. The van der Waals surface area contributed by atoms with E-state index in [4.69, 9.17) is 26.9 Å². The van der Waals surface area contributed by atoms with Crippen LogP contribution in [0.2, 0.25) is 5.02 Å². The van der Waals surface area contributed by atoms with Crippen molar-refractivity contribution in [3.63, 3.8) is 0 Å². The number of furan rings is 1. The van der Waals surface area contributed by atoms with Gasteiger partial charge in [-0.1, -0.05) is 17.5 Å². The first-order valence-electron chi connectivity index (χ1n) is 11.6. The fourth-order valence-corrected chi connectivity index (χ4v) is 5.09. The highest BCUT2D eigenvalue weighted by Gasteiger charge is 2.30. The van der Waals surface area contributed by atoms with Crippen molar-refractivity contribution in [2.45, 2.75) is 45.1 Å². The van der Waals surface area contributed by atoms with Crippen LogP contribution in [0.4, 0.5) is 5.82 Å². The van der Waals surface area contributed by atoms with Crippen molar-refractivity contribution in [3.8, 4) is 23.3 Å². The number of rotatable bonds is 5. The molecule has 4 N–H and O–H groups in total. The van der Waals surface area contributed by atoms with Crippen LogP contribution in [0.1, 0.15) is 43.7 Å². The Morgan fingerprint density at radius 2 is 2.11 bits per heavy atom. The first-order valence-corrected chi connectivity index (χ1v) is 11.9. The summed E-state index contributed by atoms with van der Waals surface area (Å²) in [6.45, 7) is 2.33. The summed E-state index contributed by atoms with van der Waals surface area (Å²) in [4.78, 5) is 22.9. The Morgan fingerprint density at radius 3 is 2.89 bits per heavy atom. The summed E-state index contributed by atoms with van der Waals surface area (Å²) in [5.41, 5.74) is 8.38. The van der Waals surface area contributed by atoms with Crippen LogP contribution in [0.3, 0.4) is 0 Å². The van der Waals surface area contributed by atoms with Gasteiger partial charge < -0.3 is 15.5 Å². The fourth-order valence-electron chi connectivity index (χ4n) is 4.92. The van der Waals surface area contributed by atoms with E-state index < -0.39 is 0 Å². The molecule has 1 amide bonds. The minimum Gasteiger partial charge on any atom is -0.454 e. The van der Waals surface area contributed by atoms with Crippen molar-refractivity contribution in [1.82, 2.24) is 25.3 Å². The molecular formula is C25H25ClN6O3. The summed E-state index contributed by atoms with van der Waals surface area (Å²) in [5.74, 6) is 7.42. The van der Waals surface area contributed by atoms with E-state index in [0.717, 1.165) is 43.1 Å². The highest BCUT2D eigenvalue weighted by Crippen LogP contribution is 2.42. The van der Waals surface area contributed by atoms with Gasteiger partial charge in [-0.25, -0.2) is 5.10 Å². The van der Waals surface area contributed by atoms with Crippen LogP contribution in [-0.4, -0.2) is 32.9 Å². The highest BCUT2D eigenvalue weighted by atomic mass is 35.5. The molecule has 1 aliphatic rings. The van der Waals surface area contributed by atoms with Crippen LogP contribution in [0.5, 0.6) is 0 Å². The minimum atomic E-state index is -0.390. The summed E-state index contributed by atoms with van der Waals surface area (Å²) in [5, 5.41) is 15.7. The number of carbonyl (C=O) groups excluding carboxylic acids is 1. The molecule has 0 aliphatic heterocycles. The maximum Gasteiger partial charge on any atom is 0.292 e. The summed E-state index contributed by atoms with van der Waals surface area (Å²) in [7, 11) is 0. The maximum absolute atomic E-state index is 12.6. The lowest BCUT2D eigenvalue weighted by Gasteiger charge is -2.28. The number of hydrogen-bond acceptors (Lipinski definition) is 6. The lowest BCUT2D eigenvalue weighted by molar-refractivity contribution is -0.109. The van der Waals surface area contributed by atoms with E-state index in [0.29, 0.717) is 46.3 Å². The Labute approximate surface area is 206 Å². The maximum atomic E-state index is 12.6. The highest BCUT2D eigenvalue weighted by molar-refractivity contribution is 6.31. The molecule has 1 aromatic carbocycles. The van der Waals surface area contributed by atoms with E-state index in [1.54, 1.807) is 6.07 Å². The van der Waals surface area contributed by atoms with Crippen LogP contribution in [0.15, 0.2) is 27.4 Å². The molecule has 1 saturated carbocycles. The molecule has 180 valence electrons. The lowest BCUT2D eigenvalue weighted by Crippen LogP contribution is -2.20. The summed E-state index contributed by atoms with van der Waals surface area (Å²) in [6, 6.07) is 5.56. The molecule has 9 nitrogen and oxygen atoms in total. The molecule has 3 heterocycles. The number of hydrogen-bond donors (Lipinski definition) is 3. The van der Waals surface area contributed by atoms with Crippen LogP contribution < -0.4 is 16.6 Å². The van der Waals surface area contributed by atoms with Crippen molar-refractivity contribution < 1.29 is 9.21 Å². The SMILES string of the molecule is Cc1c(-c2c3c(N)n[nH]c(=O)c3nn2C2CCC(CC#CCNC=O)CC2)oc2ccc(Cl)cc12. The number of benzene rings is 1. The molecule has 5 rings (SSSR count). The number of aromatic nitrogens is 4. The van der Waals surface area contributed by atoms with Gasteiger partial charge in [0.25, 0.3) is 5.56 Å². The Balaban J connectivity index is 1.53. The van der Waals surface area contributed by atoms with Gasteiger partial charge in [-0.05, 0) is 56.7 Å². The zero-order valence-electron chi connectivity index (χ0n) is 19.2. The number of halogens is 1. The van der Waals surface area contributed by atoms with Gasteiger partial charge in [0, 0.05) is 22.4 Å². The second-order valence-corrected chi connectivity index (χ2v) is 9.32. The third-order valence-corrected chi connectivity index (χ3v) is 6.96. The molecule has 35 heavy (non-hydrogen) atoms. The number of carbonyl (C=O) groups is 1. The smallest absolute Gasteiger partial charge is 0.292 e. The predicted octanol–water partition coefficient (Wildman–Crippen LogP) is 3.95. The molecule has 0 bridgehead atoms. The molecule has 0 atom stereocenters. The number of nitrogens with one attached hydrogen (secondary N) is 2. The van der Waals surface area contributed by atoms with Gasteiger partial charge in [-0.15, -0.1) is 5.92 Å². The molecule has 1 aliphatic carbocycles. The normalized spacial score (nSPS) is 17.9. The van der Waals surface area contributed by atoms with Gasteiger partial charge in [0.1, 0.15) is 11.3 Å². The van der Waals surface area contributed by atoms with E-state index in [2.05, 4.69) is 27.4 Å². The van der Waals surface area contributed by atoms with Crippen molar-refractivity contribution in [2.24, 2.45) is 5.92 Å². The van der Waals surface area contributed by atoms with E-state index >= 15 is 0 Å². The molecular weight excluding hydrogens is 468 g/mol. The second kappa shape index (κ2) is 9.47. The van der Waals surface area contributed by atoms with Gasteiger partial charge in [0.2, 0.25) is 6.41 Å².